The van der Waals surface area contributed by atoms with E-state index in [4.69, 9.17) is 9.47 Å². The fourth-order valence-electron chi connectivity index (χ4n) is 2.59. The van der Waals surface area contributed by atoms with E-state index in [1.165, 1.54) is 6.08 Å². The molecule has 24 heavy (non-hydrogen) atoms. The molecule has 0 radical (unpaired) electrons. The summed E-state index contributed by atoms with van der Waals surface area (Å²) in [7, 11) is 0. The Morgan fingerprint density at radius 1 is 1.33 bits per heavy atom. The van der Waals surface area contributed by atoms with Crippen LogP contribution in [0.1, 0.15) is 31.1 Å². The van der Waals surface area contributed by atoms with E-state index in [0.717, 1.165) is 4.90 Å². The van der Waals surface area contributed by atoms with E-state index in [1.54, 1.807) is 31.2 Å². The molecule has 126 valence electrons. The molecule has 6 nitrogen and oxygen atoms in total. The molecule has 3 rings (SSSR count). The molecule has 2 unspecified atom stereocenters. The number of benzene rings is 1. The topological polar surface area (TPSA) is 72.9 Å². The SMILES string of the molecule is CC1=CC(=O)N(c2ccc(C(=O)OCC3(C)OCC3C)cc2)C1=O. The molecule has 2 aliphatic rings. The lowest BCUT2D eigenvalue weighted by Crippen LogP contribution is -2.53. The number of carbonyl (C=O) groups excluding carboxylic acids is 3. The summed E-state index contributed by atoms with van der Waals surface area (Å²) in [6.07, 6.45) is 1.30. The van der Waals surface area contributed by atoms with Crippen LogP contribution in [0.3, 0.4) is 0 Å². The van der Waals surface area contributed by atoms with Crippen molar-refractivity contribution in [1.82, 2.24) is 0 Å². The highest BCUT2D eigenvalue weighted by atomic mass is 16.6. The Morgan fingerprint density at radius 2 is 2.00 bits per heavy atom. The van der Waals surface area contributed by atoms with E-state index >= 15 is 0 Å². The van der Waals surface area contributed by atoms with Gasteiger partial charge in [0.05, 0.1) is 17.9 Å². The van der Waals surface area contributed by atoms with Crippen LogP contribution in [-0.4, -0.2) is 36.6 Å². The number of anilines is 1. The van der Waals surface area contributed by atoms with Crippen molar-refractivity contribution >= 4 is 23.5 Å². The Kier molecular flexibility index (Phi) is 4.01. The first-order valence-electron chi connectivity index (χ1n) is 7.80. The smallest absolute Gasteiger partial charge is 0.338 e. The minimum absolute atomic E-state index is 0.195. The Bertz CT molecular complexity index is 736. The molecule has 1 aromatic carbocycles. The Labute approximate surface area is 140 Å². The van der Waals surface area contributed by atoms with Gasteiger partial charge in [0, 0.05) is 17.6 Å². The maximum Gasteiger partial charge on any atom is 0.338 e. The summed E-state index contributed by atoms with van der Waals surface area (Å²) in [5.74, 6) is -0.842. The van der Waals surface area contributed by atoms with Gasteiger partial charge in [0.25, 0.3) is 11.8 Å². The Balaban J connectivity index is 1.65. The van der Waals surface area contributed by atoms with Crippen LogP contribution >= 0.6 is 0 Å². The molecule has 2 atom stereocenters. The first kappa shape index (κ1) is 16.4. The average molecular weight is 329 g/mol. The summed E-state index contributed by atoms with van der Waals surface area (Å²) in [4.78, 5) is 37.0. The van der Waals surface area contributed by atoms with Gasteiger partial charge < -0.3 is 9.47 Å². The van der Waals surface area contributed by atoms with Crippen molar-refractivity contribution < 1.29 is 23.9 Å². The van der Waals surface area contributed by atoms with Gasteiger partial charge in [0.1, 0.15) is 12.2 Å². The van der Waals surface area contributed by atoms with Crippen LogP contribution in [0.25, 0.3) is 0 Å². The fourth-order valence-corrected chi connectivity index (χ4v) is 2.59. The zero-order valence-corrected chi connectivity index (χ0v) is 13.9. The second-order valence-corrected chi connectivity index (χ2v) is 6.45. The van der Waals surface area contributed by atoms with E-state index in [1.807, 2.05) is 13.8 Å². The minimum atomic E-state index is -0.459. The highest BCUT2D eigenvalue weighted by Crippen LogP contribution is 2.32. The zero-order valence-electron chi connectivity index (χ0n) is 13.9. The van der Waals surface area contributed by atoms with Crippen molar-refractivity contribution in [3.05, 3.63) is 41.5 Å². The van der Waals surface area contributed by atoms with Crippen LogP contribution < -0.4 is 4.90 Å². The number of ether oxygens (including phenoxy) is 2. The summed E-state index contributed by atoms with van der Waals surface area (Å²) >= 11 is 0. The molecule has 1 fully saturated rings. The second-order valence-electron chi connectivity index (χ2n) is 6.45. The quantitative estimate of drug-likeness (QED) is 0.625. The zero-order chi connectivity index (χ0) is 17.5. The third-order valence-corrected chi connectivity index (χ3v) is 4.66. The van der Waals surface area contributed by atoms with E-state index < -0.39 is 11.6 Å². The highest BCUT2D eigenvalue weighted by molar-refractivity contribution is 6.30. The van der Waals surface area contributed by atoms with Crippen LogP contribution in [-0.2, 0) is 19.1 Å². The monoisotopic (exact) mass is 329 g/mol. The maximum absolute atomic E-state index is 12.1. The number of rotatable bonds is 4. The van der Waals surface area contributed by atoms with Crippen LogP contribution in [0.4, 0.5) is 5.69 Å². The predicted molar refractivity (Wildman–Crippen MR) is 86.5 cm³/mol. The maximum atomic E-state index is 12.1. The molecule has 0 saturated carbocycles. The molecule has 0 spiro atoms. The van der Waals surface area contributed by atoms with Gasteiger partial charge >= 0.3 is 5.97 Å². The van der Waals surface area contributed by atoms with E-state index in [0.29, 0.717) is 29.3 Å². The normalized spacial score (nSPS) is 26.2. The lowest BCUT2D eigenvalue weighted by atomic mass is 9.87. The average Bonchev–Trinajstić information content (AvgIpc) is 2.83. The van der Waals surface area contributed by atoms with Crippen molar-refractivity contribution in [1.29, 1.82) is 0 Å². The number of nitrogens with zero attached hydrogens (tertiary/aromatic N) is 1. The number of imide groups is 1. The van der Waals surface area contributed by atoms with Crippen molar-refractivity contribution in [3.8, 4) is 0 Å². The lowest BCUT2D eigenvalue weighted by Gasteiger charge is -2.44. The summed E-state index contributed by atoms with van der Waals surface area (Å²) < 4.78 is 10.8. The summed E-state index contributed by atoms with van der Waals surface area (Å²) in [5.41, 5.74) is 0.759. The van der Waals surface area contributed by atoms with Gasteiger partial charge in [0.2, 0.25) is 0 Å². The van der Waals surface area contributed by atoms with Crippen molar-refractivity contribution in [2.45, 2.75) is 26.4 Å². The highest BCUT2D eigenvalue weighted by Gasteiger charge is 2.42. The van der Waals surface area contributed by atoms with Gasteiger partial charge in [-0.2, -0.15) is 0 Å². The van der Waals surface area contributed by atoms with E-state index in [-0.39, 0.29) is 18.4 Å². The molecule has 0 aromatic heterocycles. The molecule has 6 heteroatoms. The Hall–Kier alpha value is -2.47. The molecular weight excluding hydrogens is 310 g/mol. The molecule has 0 aliphatic carbocycles. The van der Waals surface area contributed by atoms with Crippen molar-refractivity contribution in [2.75, 3.05) is 18.1 Å². The van der Waals surface area contributed by atoms with Gasteiger partial charge in [-0.05, 0) is 38.1 Å². The Morgan fingerprint density at radius 3 is 2.46 bits per heavy atom. The number of hydrogen-bond donors (Lipinski definition) is 0. The van der Waals surface area contributed by atoms with Gasteiger partial charge in [-0.15, -0.1) is 0 Å². The lowest BCUT2D eigenvalue weighted by molar-refractivity contribution is -0.204. The molecule has 1 saturated heterocycles. The van der Waals surface area contributed by atoms with Gasteiger partial charge in [0.15, 0.2) is 0 Å². The van der Waals surface area contributed by atoms with Gasteiger partial charge in [-0.3, -0.25) is 9.59 Å². The number of carbonyl (C=O) groups is 3. The summed E-state index contributed by atoms with van der Waals surface area (Å²) in [5, 5.41) is 0. The second kappa shape index (κ2) is 5.87. The number of hydrogen-bond acceptors (Lipinski definition) is 5. The first-order valence-corrected chi connectivity index (χ1v) is 7.80. The minimum Gasteiger partial charge on any atom is -0.459 e. The number of esters is 1. The first-order chi connectivity index (χ1) is 11.3. The van der Waals surface area contributed by atoms with Crippen LogP contribution in [0, 0.1) is 5.92 Å². The predicted octanol–water partition coefficient (Wildman–Crippen LogP) is 2.09. The van der Waals surface area contributed by atoms with E-state index in [2.05, 4.69) is 0 Å². The van der Waals surface area contributed by atoms with E-state index in [9.17, 15) is 14.4 Å². The van der Waals surface area contributed by atoms with Crippen LogP contribution in [0.15, 0.2) is 35.9 Å². The van der Waals surface area contributed by atoms with Gasteiger partial charge in [-0.1, -0.05) is 6.92 Å². The standard InChI is InChI=1S/C18H19NO5/c1-11-8-15(20)19(16(11)21)14-6-4-13(5-7-14)17(22)23-10-18(3)12(2)9-24-18/h4-8,12H,9-10H2,1-3H3. The van der Waals surface area contributed by atoms with Crippen LogP contribution in [0.5, 0.6) is 0 Å². The molecule has 0 N–H and O–H groups in total. The molecule has 2 amide bonds. The summed E-state index contributed by atoms with van der Waals surface area (Å²) in [6, 6.07) is 6.20. The fraction of sp³-hybridized carbons (Fsp3) is 0.389. The largest absolute Gasteiger partial charge is 0.459 e. The molecule has 1 aromatic rings. The molecular formula is C18H19NO5. The molecule has 2 heterocycles. The van der Waals surface area contributed by atoms with Crippen molar-refractivity contribution in [3.63, 3.8) is 0 Å². The van der Waals surface area contributed by atoms with Crippen molar-refractivity contribution in [2.24, 2.45) is 5.92 Å². The van der Waals surface area contributed by atoms with Gasteiger partial charge in [-0.25, -0.2) is 9.69 Å². The molecule has 2 aliphatic heterocycles. The van der Waals surface area contributed by atoms with Crippen LogP contribution in [0.2, 0.25) is 0 Å². The third kappa shape index (κ3) is 2.73. The third-order valence-electron chi connectivity index (χ3n) is 4.66. The molecule has 0 bridgehead atoms. The summed E-state index contributed by atoms with van der Waals surface area (Å²) in [6.45, 7) is 6.43. The number of amides is 2.